The number of hydrogen-bond acceptors (Lipinski definition) is 3. The molecule has 3 nitrogen and oxygen atoms in total. The summed E-state index contributed by atoms with van der Waals surface area (Å²) in [6.45, 7) is 6.54. The van der Waals surface area contributed by atoms with Crippen molar-refractivity contribution in [1.82, 2.24) is 0 Å². The lowest BCUT2D eigenvalue weighted by molar-refractivity contribution is -0.148. The second-order valence-corrected chi connectivity index (χ2v) is 7.99. The average Bonchev–Trinajstić information content (AvgIpc) is 2.68. The smallest absolute Gasteiger partial charge is 0.157 e. The summed E-state index contributed by atoms with van der Waals surface area (Å²) in [4.78, 5) is 0. The second-order valence-electron chi connectivity index (χ2n) is 7.99. The standard InChI is InChI=1S/C24H50O3/c1-3-5-7-9-14-18-22-26-24(20-16-12-11-13-17-21-25)27-23-19-15-10-8-6-4-2/h24-25H,3-23H2,1-2H3. The molecule has 27 heavy (non-hydrogen) atoms. The van der Waals surface area contributed by atoms with Crippen LogP contribution in [-0.2, 0) is 9.47 Å². The highest BCUT2D eigenvalue weighted by atomic mass is 16.7. The molecule has 0 aromatic carbocycles. The molecule has 0 fully saturated rings. The van der Waals surface area contributed by atoms with Crippen LogP contribution in [0.1, 0.15) is 129 Å². The minimum Gasteiger partial charge on any atom is -0.396 e. The summed E-state index contributed by atoms with van der Waals surface area (Å²) in [6.07, 6.45) is 22.3. The monoisotopic (exact) mass is 386 g/mol. The molecule has 0 atom stereocenters. The molecule has 0 saturated heterocycles. The molecule has 0 spiro atoms. The van der Waals surface area contributed by atoms with E-state index in [0.717, 1.165) is 45.3 Å². The van der Waals surface area contributed by atoms with E-state index in [9.17, 15) is 0 Å². The van der Waals surface area contributed by atoms with Crippen LogP contribution in [-0.4, -0.2) is 31.2 Å². The van der Waals surface area contributed by atoms with Crippen molar-refractivity contribution in [2.24, 2.45) is 0 Å². The van der Waals surface area contributed by atoms with Crippen molar-refractivity contribution in [2.45, 2.75) is 136 Å². The Balaban J connectivity index is 3.78. The molecule has 0 amide bonds. The Morgan fingerprint density at radius 1 is 0.519 bits per heavy atom. The minimum atomic E-state index is -0.00544. The van der Waals surface area contributed by atoms with Crippen molar-refractivity contribution in [3.05, 3.63) is 0 Å². The van der Waals surface area contributed by atoms with Gasteiger partial charge in [0.2, 0.25) is 0 Å². The predicted molar refractivity (Wildman–Crippen MR) is 117 cm³/mol. The lowest BCUT2D eigenvalue weighted by Gasteiger charge is -2.19. The van der Waals surface area contributed by atoms with E-state index in [1.807, 2.05) is 0 Å². The maximum atomic E-state index is 8.85. The first-order chi connectivity index (χ1) is 13.3. The van der Waals surface area contributed by atoms with E-state index in [1.165, 1.54) is 83.5 Å². The maximum absolute atomic E-state index is 8.85. The SMILES string of the molecule is CCCCCCCCOC(CCCCCCCO)OCCCCCCCC. The van der Waals surface area contributed by atoms with Crippen LogP contribution in [0.3, 0.4) is 0 Å². The van der Waals surface area contributed by atoms with Gasteiger partial charge in [-0.2, -0.15) is 0 Å². The zero-order valence-corrected chi connectivity index (χ0v) is 18.7. The molecule has 1 N–H and O–H groups in total. The number of rotatable bonds is 23. The molecular formula is C24H50O3. The Hall–Kier alpha value is -0.120. The van der Waals surface area contributed by atoms with E-state index in [2.05, 4.69) is 13.8 Å². The fraction of sp³-hybridized carbons (Fsp3) is 1.00. The largest absolute Gasteiger partial charge is 0.396 e. The van der Waals surface area contributed by atoms with E-state index >= 15 is 0 Å². The third-order valence-electron chi connectivity index (χ3n) is 5.20. The second kappa shape index (κ2) is 23.9. The van der Waals surface area contributed by atoms with Gasteiger partial charge in [-0.05, 0) is 32.1 Å². The number of ether oxygens (including phenoxy) is 2. The van der Waals surface area contributed by atoms with Gasteiger partial charge < -0.3 is 14.6 Å². The third-order valence-corrected chi connectivity index (χ3v) is 5.20. The topological polar surface area (TPSA) is 38.7 Å². The Morgan fingerprint density at radius 2 is 0.926 bits per heavy atom. The Kier molecular flexibility index (Phi) is 23.8. The van der Waals surface area contributed by atoms with Crippen LogP contribution in [0, 0.1) is 0 Å². The Morgan fingerprint density at radius 3 is 1.41 bits per heavy atom. The van der Waals surface area contributed by atoms with Crippen LogP contribution >= 0.6 is 0 Å². The lowest BCUT2D eigenvalue weighted by Crippen LogP contribution is -2.19. The quantitative estimate of drug-likeness (QED) is 0.147. The van der Waals surface area contributed by atoms with Gasteiger partial charge in [-0.15, -0.1) is 0 Å². The molecule has 0 bridgehead atoms. The van der Waals surface area contributed by atoms with E-state index in [-0.39, 0.29) is 6.29 Å². The van der Waals surface area contributed by atoms with Crippen LogP contribution in [0.15, 0.2) is 0 Å². The van der Waals surface area contributed by atoms with Crippen LogP contribution in [0.5, 0.6) is 0 Å². The van der Waals surface area contributed by atoms with Crippen molar-refractivity contribution in [3.8, 4) is 0 Å². The summed E-state index contributed by atoms with van der Waals surface area (Å²) in [5.74, 6) is 0. The zero-order valence-electron chi connectivity index (χ0n) is 18.7. The summed E-state index contributed by atoms with van der Waals surface area (Å²) in [5.41, 5.74) is 0. The Bertz CT molecular complexity index is 240. The highest BCUT2D eigenvalue weighted by Crippen LogP contribution is 2.13. The van der Waals surface area contributed by atoms with Gasteiger partial charge in [0.15, 0.2) is 6.29 Å². The van der Waals surface area contributed by atoms with Gasteiger partial charge >= 0.3 is 0 Å². The first-order valence-corrected chi connectivity index (χ1v) is 12.2. The molecule has 0 radical (unpaired) electrons. The van der Waals surface area contributed by atoms with Crippen molar-refractivity contribution in [2.75, 3.05) is 19.8 Å². The van der Waals surface area contributed by atoms with E-state index in [1.54, 1.807) is 0 Å². The molecule has 0 aliphatic heterocycles. The fourth-order valence-corrected chi connectivity index (χ4v) is 3.36. The summed E-state index contributed by atoms with van der Waals surface area (Å²) in [7, 11) is 0. The number of hydrogen-bond donors (Lipinski definition) is 1. The lowest BCUT2D eigenvalue weighted by atomic mass is 10.1. The Labute approximate surface area is 170 Å². The zero-order chi connectivity index (χ0) is 19.8. The summed E-state index contributed by atoms with van der Waals surface area (Å²) in [5, 5.41) is 8.85. The van der Waals surface area contributed by atoms with Gasteiger partial charge in [0, 0.05) is 19.8 Å². The maximum Gasteiger partial charge on any atom is 0.157 e. The summed E-state index contributed by atoms with van der Waals surface area (Å²) >= 11 is 0. The van der Waals surface area contributed by atoms with Gasteiger partial charge in [-0.1, -0.05) is 97.3 Å². The van der Waals surface area contributed by atoms with E-state index in [4.69, 9.17) is 14.6 Å². The van der Waals surface area contributed by atoms with Crippen LogP contribution in [0.2, 0.25) is 0 Å². The molecule has 0 aromatic heterocycles. The molecule has 0 unspecified atom stereocenters. The van der Waals surface area contributed by atoms with Gasteiger partial charge in [0.1, 0.15) is 0 Å². The third kappa shape index (κ3) is 22.0. The van der Waals surface area contributed by atoms with Crippen LogP contribution in [0.25, 0.3) is 0 Å². The normalized spacial score (nSPS) is 11.6. The molecule has 0 rings (SSSR count). The highest BCUT2D eigenvalue weighted by molar-refractivity contribution is 4.52. The highest BCUT2D eigenvalue weighted by Gasteiger charge is 2.09. The molecule has 0 aromatic rings. The van der Waals surface area contributed by atoms with E-state index in [0.29, 0.717) is 6.61 Å². The van der Waals surface area contributed by atoms with E-state index < -0.39 is 0 Å². The first-order valence-electron chi connectivity index (χ1n) is 12.2. The number of unbranched alkanes of at least 4 members (excludes halogenated alkanes) is 14. The van der Waals surface area contributed by atoms with Gasteiger partial charge in [0.05, 0.1) is 0 Å². The van der Waals surface area contributed by atoms with Gasteiger partial charge in [0.25, 0.3) is 0 Å². The van der Waals surface area contributed by atoms with Crippen molar-refractivity contribution >= 4 is 0 Å². The van der Waals surface area contributed by atoms with Crippen molar-refractivity contribution in [3.63, 3.8) is 0 Å². The van der Waals surface area contributed by atoms with Gasteiger partial charge in [-0.25, -0.2) is 0 Å². The number of aliphatic hydroxyl groups excluding tert-OH is 1. The molecule has 0 aliphatic rings. The van der Waals surface area contributed by atoms with Crippen LogP contribution < -0.4 is 0 Å². The molecule has 0 heterocycles. The summed E-state index contributed by atoms with van der Waals surface area (Å²) in [6, 6.07) is 0. The van der Waals surface area contributed by atoms with Crippen LogP contribution in [0.4, 0.5) is 0 Å². The van der Waals surface area contributed by atoms with Gasteiger partial charge in [-0.3, -0.25) is 0 Å². The molecule has 0 aliphatic carbocycles. The first kappa shape index (κ1) is 26.9. The average molecular weight is 387 g/mol. The molecule has 3 heteroatoms. The predicted octanol–water partition coefficient (Wildman–Crippen LogP) is 7.40. The van der Waals surface area contributed by atoms with Crippen molar-refractivity contribution in [1.29, 1.82) is 0 Å². The summed E-state index contributed by atoms with van der Waals surface area (Å²) < 4.78 is 12.1. The van der Waals surface area contributed by atoms with Crippen molar-refractivity contribution < 1.29 is 14.6 Å². The number of aliphatic hydroxyl groups is 1. The fourth-order valence-electron chi connectivity index (χ4n) is 3.36. The molecule has 0 saturated carbocycles. The molecule has 164 valence electrons. The minimum absolute atomic E-state index is 0.00544. The molecular weight excluding hydrogens is 336 g/mol.